The summed E-state index contributed by atoms with van der Waals surface area (Å²) in [6, 6.07) is 13.8. The summed E-state index contributed by atoms with van der Waals surface area (Å²) in [6.07, 6.45) is 0. The Kier molecular flexibility index (Phi) is 6.93. The van der Waals surface area contributed by atoms with Crippen LogP contribution in [0.2, 0.25) is 0 Å². The lowest BCUT2D eigenvalue weighted by Crippen LogP contribution is -2.40. The number of aliphatic imine (C=N–C) groups is 1. The fraction of sp³-hybridized carbons (Fsp3) is 0.381. The molecule has 0 saturated heterocycles. The normalized spacial score (nSPS) is 11.7. The Hall–Kier alpha value is -2.89. The van der Waals surface area contributed by atoms with Gasteiger partial charge in [0.05, 0.1) is 21.3 Å². The molecule has 2 N–H and O–H groups in total. The molecule has 0 saturated carbocycles. The number of hydrogen-bond donors (Lipinski definition) is 2. The first-order valence-electron chi connectivity index (χ1n) is 8.77. The van der Waals surface area contributed by atoms with Crippen molar-refractivity contribution in [2.75, 3.05) is 40.2 Å². The number of anilines is 1. The van der Waals surface area contributed by atoms with Crippen molar-refractivity contribution in [3.8, 4) is 17.2 Å². The first kappa shape index (κ1) is 20.4. The minimum atomic E-state index is -0.107. The summed E-state index contributed by atoms with van der Waals surface area (Å²) in [7, 11) is 6.66. The van der Waals surface area contributed by atoms with Gasteiger partial charge in [-0.05, 0) is 29.8 Å². The zero-order valence-corrected chi connectivity index (χ0v) is 16.9. The van der Waals surface area contributed by atoms with Gasteiger partial charge in [-0.15, -0.1) is 0 Å². The maximum atomic E-state index is 5.35. The van der Waals surface area contributed by atoms with Crippen LogP contribution in [0.15, 0.2) is 47.5 Å². The van der Waals surface area contributed by atoms with Crippen LogP contribution in [0.3, 0.4) is 0 Å². The summed E-state index contributed by atoms with van der Waals surface area (Å²) in [5, 5.41) is 6.67. The smallest absolute Gasteiger partial charge is 0.195 e. The zero-order chi connectivity index (χ0) is 19.9. The molecule has 2 aromatic carbocycles. The van der Waals surface area contributed by atoms with Crippen molar-refractivity contribution in [2.45, 2.75) is 19.3 Å². The molecule has 0 aliphatic rings. The molecule has 0 radical (unpaired) electrons. The average Bonchev–Trinajstić information content (AvgIpc) is 2.70. The van der Waals surface area contributed by atoms with Crippen LogP contribution in [0.5, 0.6) is 17.2 Å². The van der Waals surface area contributed by atoms with Crippen molar-refractivity contribution < 1.29 is 14.2 Å². The van der Waals surface area contributed by atoms with E-state index in [2.05, 4.69) is 41.6 Å². The van der Waals surface area contributed by atoms with E-state index in [1.807, 2.05) is 30.3 Å². The number of benzene rings is 2. The highest BCUT2D eigenvalue weighted by Crippen LogP contribution is 2.30. The zero-order valence-electron chi connectivity index (χ0n) is 16.9. The van der Waals surface area contributed by atoms with Crippen molar-refractivity contribution >= 4 is 11.6 Å². The van der Waals surface area contributed by atoms with E-state index < -0.39 is 0 Å². The lowest BCUT2D eigenvalue weighted by atomic mass is 9.84. The first-order valence-corrected chi connectivity index (χ1v) is 8.77. The molecule has 0 fully saturated rings. The molecular weight excluding hydrogens is 342 g/mol. The third-order valence-electron chi connectivity index (χ3n) is 4.42. The first-order chi connectivity index (χ1) is 12.9. The van der Waals surface area contributed by atoms with E-state index in [1.165, 1.54) is 5.56 Å². The third-order valence-corrected chi connectivity index (χ3v) is 4.42. The van der Waals surface area contributed by atoms with Crippen molar-refractivity contribution in [3.05, 3.63) is 48.0 Å². The molecule has 6 heteroatoms. The number of ether oxygens (including phenoxy) is 3. The largest absolute Gasteiger partial charge is 0.497 e. The maximum absolute atomic E-state index is 5.35. The standard InChI is InChI=1S/C21H29N3O3/c1-21(2,15-8-7-9-17(12-15)25-4)14-23-20(22-3)24-16-10-11-18(26-5)19(13-16)27-6/h7-13H,14H2,1-6H3,(H2,22,23,24). The van der Waals surface area contributed by atoms with Crippen molar-refractivity contribution in [3.63, 3.8) is 0 Å². The molecule has 2 rings (SSSR count). The van der Waals surface area contributed by atoms with Gasteiger partial charge in [0.1, 0.15) is 5.75 Å². The predicted molar refractivity (Wildman–Crippen MR) is 111 cm³/mol. The Bertz CT molecular complexity index is 788. The molecule has 0 aliphatic heterocycles. The number of nitrogens with zero attached hydrogens (tertiary/aromatic N) is 1. The lowest BCUT2D eigenvalue weighted by Gasteiger charge is -2.27. The van der Waals surface area contributed by atoms with Gasteiger partial charge in [0.2, 0.25) is 0 Å². The lowest BCUT2D eigenvalue weighted by molar-refractivity contribution is 0.355. The second-order valence-electron chi connectivity index (χ2n) is 6.74. The summed E-state index contributed by atoms with van der Waals surface area (Å²) in [5.41, 5.74) is 1.94. The molecular formula is C21H29N3O3. The molecule has 6 nitrogen and oxygen atoms in total. The predicted octanol–water partition coefficient (Wildman–Crippen LogP) is 3.68. The van der Waals surface area contributed by atoms with E-state index in [9.17, 15) is 0 Å². The van der Waals surface area contributed by atoms with Gasteiger partial charge in [0, 0.05) is 30.8 Å². The van der Waals surface area contributed by atoms with Gasteiger partial charge in [0.25, 0.3) is 0 Å². The van der Waals surface area contributed by atoms with Crippen molar-refractivity contribution in [1.29, 1.82) is 0 Å². The SMILES string of the molecule is CN=C(NCC(C)(C)c1cccc(OC)c1)Nc1ccc(OC)c(OC)c1. The molecule has 2 aromatic rings. The number of hydrogen-bond acceptors (Lipinski definition) is 4. The average molecular weight is 371 g/mol. The molecule has 27 heavy (non-hydrogen) atoms. The van der Waals surface area contributed by atoms with E-state index >= 15 is 0 Å². The number of nitrogens with one attached hydrogen (secondary N) is 2. The number of guanidine groups is 1. The van der Waals surface area contributed by atoms with Gasteiger partial charge in [-0.1, -0.05) is 26.0 Å². The van der Waals surface area contributed by atoms with E-state index in [4.69, 9.17) is 14.2 Å². The van der Waals surface area contributed by atoms with E-state index in [0.29, 0.717) is 24.0 Å². The fourth-order valence-corrected chi connectivity index (χ4v) is 2.68. The summed E-state index contributed by atoms with van der Waals surface area (Å²) in [4.78, 5) is 4.31. The van der Waals surface area contributed by atoms with Crippen molar-refractivity contribution in [2.24, 2.45) is 4.99 Å². The Balaban J connectivity index is 2.06. The van der Waals surface area contributed by atoms with Crippen LogP contribution >= 0.6 is 0 Å². The van der Waals surface area contributed by atoms with Gasteiger partial charge in [-0.3, -0.25) is 4.99 Å². The molecule has 0 aromatic heterocycles. The highest BCUT2D eigenvalue weighted by Gasteiger charge is 2.21. The summed E-state index contributed by atoms with van der Waals surface area (Å²) in [5.74, 6) is 2.88. The molecule has 0 aliphatic carbocycles. The Labute approximate surface area is 161 Å². The van der Waals surface area contributed by atoms with E-state index in [0.717, 1.165) is 11.4 Å². The highest BCUT2D eigenvalue weighted by molar-refractivity contribution is 5.93. The minimum Gasteiger partial charge on any atom is -0.497 e. The van der Waals surface area contributed by atoms with Gasteiger partial charge in [0.15, 0.2) is 17.5 Å². The number of rotatable bonds is 7. The summed E-state index contributed by atoms with van der Waals surface area (Å²) >= 11 is 0. The van der Waals surface area contributed by atoms with Crippen LogP contribution < -0.4 is 24.8 Å². The molecule has 0 bridgehead atoms. The van der Waals surface area contributed by atoms with E-state index in [-0.39, 0.29) is 5.41 Å². The van der Waals surface area contributed by atoms with Crippen LogP contribution in [-0.2, 0) is 5.41 Å². The Morgan fingerprint density at radius 3 is 2.33 bits per heavy atom. The second kappa shape index (κ2) is 9.16. The second-order valence-corrected chi connectivity index (χ2v) is 6.74. The molecule has 0 atom stereocenters. The van der Waals surface area contributed by atoms with Crippen LogP contribution in [-0.4, -0.2) is 40.9 Å². The molecule has 0 spiro atoms. The van der Waals surface area contributed by atoms with E-state index in [1.54, 1.807) is 28.4 Å². The van der Waals surface area contributed by atoms with Crippen molar-refractivity contribution in [1.82, 2.24) is 5.32 Å². The van der Waals surface area contributed by atoms with Gasteiger partial charge < -0.3 is 24.8 Å². The molecule has 0 unspecified atom stereocenters. The van der Waals surface area contributed by atoms with Crippen LogP contribution in [0.1, 0.15) is 19.4 Å². The quantitative estimate of drug-likeness (QED) is 0.574. The van der Waals surface area contributed by atoms with Gasteiger partial charge in [-0.2, -0.15) is 0 Å². The third kappa shape index (κ3) is 5.29. The summed E-state index contributed by atoms with van der Waals surface area (Å²) < 4.78 is 16.0. The number of methoxy groups -OCH3 is 3. The Morgan fingerprint density at radius 2 is 1.70 bits per heavy atom. The van der Waals surface area contributed by atoms with Gasteiger partial charge in [-0.25, -0.2) is 0 Å². The van der Waals surface area contributed by atoms with Crippen LogP contribution in [0, 0.1) is 0 Å². The molecule has 146 valence electrons. The molecule has 0 amide bonds. The Morgan fingerprint density at radius 1 is 0.963 bits per heavy atom. The highest BCUT2D eigenvalue weighted by atomic mass is 16.5. The maximum Gasteiger partial charge on any atom is 0.195 e. The van der Waals surface area contributed by atoms with Crippen LogP contribution in [0.25, 0.3) is 0 Å². The molecule has 0 heterocycles. The summed E-state index contributed by atoms with van der Waals surface area (Å²) in [6.45, 7) is 5.06. The van der Waals surface area contributed by atoms with Crippen LogP contribution in [0.4, 0.5) is 5.69 Å². The fourth-order valence-electron chi connectivity index (χ4n) is 2.68. The topological polar surface area (TPSA) is 64.1 Å². The van der Waals surface area contributed by atoms with Gasteiger partial charge >= 0.3 is 0 Å². The monoisotopic (exact) mass is 371 g/mol. The minimum absolute atomic E-state index is 0.107.